The van der Waals surface area contributed by atoms with Crippen molar-refractivity contribution >= 4 is 17.5 Å². The number of anilines is 1. The third-order valence-electron chi connectivity index (χ3n) is 4.30. The number of carbonyl (C=O) groups is 2. The first kappa shape index (κ1) is 17.6. The van der Waals surface area contributed by atoms with E-state index in [0.717, 1.165) is 25.7 Å². The first-order valence-corrected chi connectivity index (χ1v) is 8.40. The molecular formula is C17H21F2N3O3. The molecule has 25 heavy (non-hydrogen) atoms. The smallest absolute Gasteiger partial charge is 0.387 e. The monoisotopic (exact) mass is 353 g/mol. The lowest BCUT2D eigenvalue weighted by Crippen LogP contribution is -2.46. The van der Waals surface area contributed by atoms with Crippen molar-refractivity contribution in [1.82, 2.24) is 10.2 Å². The van der Waals surface area contributed by atoms with Crippen LogP contribution in [0.15, 0.2) is 24.3 Å². The maximum Gasteiger partial charge on any atom is 0.387 e. The van der Waals surface area contributed by atoms with Gasteiger partial charge in [-0.3, -0.25) is 14.5 Å². The zero-order valence-corrected chi connectivity index (χ0v) is 13.7. The lowest BCUT2D eigenvalue weighted by Gasteiger charge is -2.23. The number of amides is 2. The Kier molecular flexibility index (Phi) is 5.47. The normalized spacial score (nSPS) is 20.5. The number of nitrogens with zero attached hydrogens (tertiary/aromatic N) is 1. The van der Waals surface area contributed by atoms with Crippen LogP contribution in [0.3, 0.4) is 0 Å². The van der Waals surface area contributed by atoms with E-state index in [1.807, 2.05) is 4.90 Å². The van der Waals surface area contributed by atoms with E-state index in [0.29, 0.717) is 18.3 Å². The van der Waals surface area contributed by atoms with Crippen LogP contribution in [0.5, 0.6) is 5.75 Å². The summed E-state index contributed by atoms with van der Waals surface area (Å²) in [5.41, 5.74) is 0.491. The minimum atomic E-state index is -2.88. The van der Waals surface area contributed by atoms with Crippen LogP contribution in [-0.2, 0) is 9.59 Å². The molecule has 6 nitrogen and oxygen atoms in total. The van der Waals surface area contributed by atoms with Crippen LogP contribution in [0, 0.1) is 0 Å². The largest absolute Gasteiger partial charge is 0.435 e. The number of alkyl halides is 2. The lowest BCUT2D eigenvalue weighted by atomic mass is 10.2. The summed E-state index contributed by atoms with van der Waals surface area (Å²) in [5.74, 6) is -0.209. The molecule has 2 fully saturated rings. The Bertz CT molecular complexity index is 620. The fourth-order valence-corrected chi connectivity index (χ4v) is 2.94. The Morgan fingerprint density at radius 1 is 1.20 bits per heavy atom. The Labute approximate surface area is 144 Å². The number of nitrogens with one attached hydrogen (secondary N) is 2. The van der Waals surface area contributed by atoms with Gasteiger partial charge in [-0.25, -0.2) is 0 Å². The van der Waals surface area contributed by atoms with Gasteiger partial charge in [-0.05, 0) is 56.5 Å². The first-order chi connectivity index (χ1) is 12.0. The van der Waals surface area contributed by atoms with Gasteiger partial charge in [0.15, 0.2) is 0 Å². The van der Waals surface area contributed by atoms with Crippen molar-refractivity contribution in [3.8, 4) is 5.75 Å². The van der Waals surface area contributed by atoms with E-state index in [1.54, 1.807) is 0 Å². The van der Waals surface area contributed by atoms with Crippen LogP contribution in [0.25, 0.3) is 0 Å². The highest BCUT2D eigenvalue weighted by Gasteiger charge is 2.34. The second-order valence-electron chi connectivity index (χ2n) is 6.36. The van der Waals surface area contributed by atoms with Gasteiger partial charge < -0.3 is 15.4 Å². The van der Waals surface area contributed by atoms with Crippen molar-refractivity contribution in [3.63, 3.8) is 0 Å². The average molecular weight is 353 g/mol. The highest BCUT2D eigenvalue weighted by Crippen LogP contribution is 2.22. The molecule has 2 aliphatic rings. The highest BCUT2D eigenvalue weighted by atomic mass is 19.3. The molecule has 3 rings (SSSR count). The number of hydrogen-bond acceptors (Lipinski definition) is 4. The molecule has 1 atom stereocenters. The molecule has 1 aliphatic heterocycles. The molecule has 1 aliphatic carbocycles. The summed E-state index contributed by atoms with van der Waals surface area (Å²) in [6, 6.07) is 5.77. The van der Waals surface area contributed by atoms with Crippen LogP contribution in [0.4, 0.5) is 14.5 Å². The van der Waals surface area contributed by atoms with Crippen molar-refractivity contribution < 1.29 is 23.1 Å². The van der Waals surface area contributed by atoms with E-state index < -0.39 is 6.61 Å². The molecule has 2 N–H and O–H groups in total. The van der Waals surface area contributed by atoms with Crippen molar-refractivity contribution in [1.29, 1.82) is 0 Å². The molecule has 1 saturated carbocycles. The van der Waals surface area contributed by atoms with Gasteiger partial charge in [-0.1, -0.05) is 0 Å². The standard InChI is InChI=1S/C17H21F2N3O3/c18-17(19)25-13-7-5-11(6-8-13)20-15(23)10-22-9-1-2-14(22)16(24)21-12-3-4-12/h5-8,12,14,17H,1-4,9-10H2,(H,20,23)(H,21,24)/t14-/m0/s1. The second kappa shape index (κ2) is 7.77. The topological polar surface area (TPSA) is 70.7 Å². The summed E-state index contributed by atoms with van der Waals surface area (Å²) in [5, 5.41) is 5.69. The minimum absolute atomic E-state index is 0.00120. The van der Waals surface area contributed by atoms with Crippen molar-refractivity contribution in [2.45, 2.75) is 44.4 Å². The molecule has 136 valence electrons. The summed E-state index contributed by atoms with van der Waals surface area (Å²) in [6.07, 6.45) is 3.70. The van der Waals surface area contributed by atoms with Crippen LogP contribution in [-0.4, -0.2) is 48.5 Å². The zero-order valence-electron chi connectivity index (χ0n) is 13.7. The van der Waals surface area contributed by atoms with E-state index >= 15 is 0 Å². The Balaban J connectivity index is 1.50. The van der Waals surface area contributed by atoms with Crippen molar-refractivity contribution in [3.05, 3.63) is 24.3 Å². The molecule has 0 unspecified atom stereocenters. The Hall–Kier alpha value is -2.22. The number of carbonyl (C=O) groups excluding carboxylic acids is 2. The third kappa shape index (κ3) is 5.12. The van der Waals surface area contributed by atoms with E-state index in [9.17, 15) is 18.4 Å². The van der Waals surface area contributed by atoms with E-state index in [2.05, 4.69) is 15.4 Å². The van der Waals surface area contributed by atoms with E-state index in [1.165, 1.54) is 24.3 Å². The van der Waals surface area contributed by atoms with Crippen LogP contribution >= 0.6 is 0 Å². The number of likely N-dealkylation sites (tertiary alicyclic amines) is 1. The number of halogens is 2. The van der Waals surface area contributed by atoms with E-state index in [4.69, 9.17) is 0 Å². The average Bonchev–Trinajstić information content (AvgIpc) is 3.24. The second-order valence-corrected chi connectivity index (χ2v) is 6.36. The molecular weight excluding hydrogens is 332 g/mol. The first-order valence-electron chi connectivity index (χ1n) is 8.40. The van der Waals surface area contributed by atoms with Crippen molar-refractivity contribution in [2.24, 2.45) is 0 Å². The molecule has 2 amide bonds. The predicted molar refractivity (Wildman–Crippen MR) is 87.5 cm³/mol. The quantitative estimate of drug-likeness (QED) is 0.786. The fraction of sp³-hybridized carbons (Fsp3) is 0.529. The molecule has 1 aromatic rings. The van der Waals surface area contributed by atoms with Gasteiger partial charge in [0.05, 0.1) is 12.6 Å². The number of rotatable bonds is 7. The van der Waals surface area contributed by atoms with Crippen LogP contribution in [0.2, 0.25) is 0 Å². The number of benzene rings is 1. The van der Waals surface area contributed by atoms with Gasteiger partial charge >= 0.3 is 6.61 Å². The molecule has 1 saturated heterocycles. The highest BCUT2D eigenvalue weighted by molar-refractivity contribution is 5.93. The summed E-state index contributed by atoms with van der Waals surface area (Å²) >= 11 is 0. The minimum Gasteiger partial charge on any atom is -0.435 e. The summed E-state index contributed by atoms with van der Waals surface area (Å²) in [7, 11) is 0. The molecule has 0 bridgehead atoms. The maximum atomic E-state index is 12.2. The maximum absolute atomic E-state index is 12.2. The van der Waals surface area contributed by atoms with Crippen LogP contribution in [0.1, 0.15) is 25.7 Å². The summed E-state index contributed by atoms with van der Waals surface area (Å²) in [6.45, 7) is -2.05. The zero-order chi connectivity index (χ0) is 17.8. The van der Waals surface area contributed by atoms with Crippen LogP contribution < -0.4 is 15.4 Å². The molecule has 0 radical (unpaired) electrons. The van der Waals surface area contributed by atoms with Gasteiger partial charge in [-0.15, -0.1) is 0 Å². The molecule has 8 heteroatoms. The predicted octanol–water partition coefficient (Wildman–Crippen LogP) is 1.97. The van der Waals surface area contributed by atoms with E-state index in [-0.39, 0.29) is 30.2 Å². The number of ether oxygens (including phenoxy) is 1. The molecule has 0 aromatic heterocycles. The van der Waals surface area contributed by atoms with Gasteiger partial charge in [0.2, 0.25) is 11.8 Å². The summed E-state index contributed by atoms with van der Waals surface area (Å²) in [4.78, 5) is 26.3. The van der Waals surface area contributed by atoms with Gasteiger partial charge in [0.25, 0.3) is 0 Å². The van der Waals surface area contributed by atoms with Gasteiger partial charge in [0.1, 0.15) is 5.75 Å². The lowest BCUT2D eigenvalue weighted by molar-refractivity contribution is -0.126. The molecule has 1 heterocycles. The molecule has 0 spiro atoms. The Morgan fingerprint density at radius 3 is 2.56 bits per heavy atom. The number of hydrogen-bond donors (Lipinski definition) is 2. The fourth-order valence-electron chi connectivity index (χ4n) is 2.94. The third-order valence-corrected chi connectivity index (χ3v) is 4.30. The van der Waals surface area contributed by atoms with Gasteiger partial charge in [-0.2, -0.15) is 8.78 Å². The molecule has 1 aromatic carbocycles. The summed E-state index contributed by atoms with van der Waals surface area (Å²) < 4.78 is 28.5. The Morgan fingerprint density at radius 2 is 1.92 bits per heavy atom. The van der Waals surface area contributed by atoms with Gasteiger partial charge in [0, 0.05) is 11.7 Å². The SMILES string of the molecule is O=C(CN1CCC[C@H]1C(=O)NC1CC1)Nc1ccc(OC(F)F)cc1. The van der Waals surface area contributed by atoms with Crippen molar-refractivity contribution in [2.75, 3.05) is 18.4 Å².